The maximum atomic E-state index is 11.4. The Morgan fingerprint density at radius 1 is 1.50 bits per heavy atom. The van der Waals surface area contributed by atoms with Crippen molar-refractivity contribution in [3.05, 3.63) is 35.3 Å². The number of halogens is 1. The van der Waals surface area contributed by atoms with E-state index < -0.39 is 0 Å². The Kier molecular flexibility index (Phi) is 6.06. The number of hydrazone groups is 1. The van der Waals surface area contributed by atoms with E-state index >= 15 is 0 Å². The van der Waals surface area contributed by atoms with Crippen molar-refractivity contribution < 1.29 is 26.8 Å². The van der Waals surface area contributed by atoms with E-state index in [4.69, 9.17) is 0 Å². The third-order valence-corrected chi connectivity index (χ3v) is 1.55. The van der Waals surface area contributed by atoms with Crippen molar-refractivity contribution in [2.45, 2.75) is 0 Å². The van der Waals surface area contributed by atoms with E-state index in [2.05, 4.69) is 10.5 Å². The zero-order chi connectivity index (χ0) is 11.3. The lowest BCUT2D eigenvalue weighted by atomic mass is 10.3. The average Bonchev–Trinajstić information content (AvgIpc) is 2.18. The van der Waals surface area contributed by atoms with Crippen LogP contribution in [0, 0.1) is 5.21 Å². The molecule has 16 heavy (non-hydrogen) atoms. The molecule has 0 bridgehead atoms. The number of quaternary nitrogens is 1. The van der Waals surface area contributed by atoms with Gasteiger partial charge in [-0.15, -0.1) is 5.10 Å². The summed E-state index contributed by atoms with van der Waals surface area (Å²) < 4.78 is 0.615. The highest BCUT2D eigenvalue weighted by Crippen LogP contribution is 1.93. The van der Waals surface area contributed by atoms with Gasteiger partial charge in [-0.1, -0.05) is 0 Å². The third kappa shape index (κ3) is 4.72. The molecule has 88 valence electrons. The van der Waals surface area contributed by atoms with E-state index in [1.54, 1.807) is 6.34 Å². The van der Waals surface area contributed by atoms with Crippen LogP contribution in [0.3, 0.4) is 0 Å². The molecular weight excluding hydrogens is 232 g/mol. The van der Waals surface area contributed by atoms with Gasteiger partial charge in [0.15, 0.2) is 12.4 Å². The summed E-state index contributed by atoms with van der Waals surface area (Å²) in [5, 5.41) is 14.4. The summed E-state index contributed by atoms with van der Waals surface area (Å²) in [5.41, 5.74) is 2.74. The number of carbonyl (C=O) groups is 1. The molecule has 6 nitrogen and oxygen atoms in total. The van der Waals surface area contributed by atoms with Crippen molar-refractivity contribution >= 4 is 12.2 Å². The van der Waals surface area contributed by atoms with Gasteiger partial charge >= 0.3 is 0 Å². The first-order chi connectivity index (χ1) is 7.09. The minimum atomic E-state index is -0.340. The summed E-state index contributed by atoms with van der Waals surface area (Å²) in [7, 11) is 3.75. The minimum absolute atomic E-state index is 0. The number of nitrogens with one attached hydrogen (secondary N) is 2. The van der Waals surface area contributed by atoms with E-state index in [-0.39, 0.29) is 18.3 Å². The van der Waals surface area contributed by atoms with Gasteiger partial charge in [-0.05, 0) is 0 Å². The number of amides is 1. The molecule has 0 aliphatic heterocycles. The third-order valence-electron chi connectivity index (χ3n) is 1.55. The topological polar surface area (TPSA) is 72.8 Å². The van der Waals surface area contributed by atoms with Gasteiger partial charge in [-0.25, -0.2) is 5.43 Å². The Labute approximate surface area is 99.6 Å². The van der Waals surface area contributed by atoms with Gasteiger partial charge < -0.3 is 17.6 Å². The second-order valence-corrected chi connectivity index (χ2v) is 3.22. The van der Waals surface area contributed by atoms with E-state index in [9.17, 15) is 10.0 Å². The molecule has 0 saturated heterocycles. The summed E-state index contributed by atoms with van der Waals surface area (Å²) in [6.45, 7) is 0. The molecule has 1 aromatic rings. The molecule has 0 aliphatic rings. The molecule has 1 amide bonds. The average molecular weight is 245 g/mol. The minimum Gasteiger partial charge on any atom is -1.00 e. The molecular formula is C9H13ClN4O2. The molecule has 1 heterocycles. The lowest BCUT2D eigenvalue weighted by Gasteiger charge is -2.00. The molecule has 0 radical (unpaired) electrons. The van der Waals surface area contributed by atoms with Crippen LogP contribution in [0.4, 0.5) is 0 Å². The van der Waals surface area contributed by atoms with Crippen LogP contribution in [0.5, 0.6) is 0 Å². The SMILES string of the molecule is C[NH+](C)/C=N/NC(=O)c1cc[n+]([O-])cc1.[Cl-]. The van der Waals surface area contributed by atoms with Crippen molar-refractivity contribution in [1.29, 1.82) is 0 Å². The molecule has 1 rings (SSSR count). The van der Waals surface area contributed by atoms with Crippen LogP contribution in [0.2, 0.25) is 0 Å². The first-order valence-electron chi connectivity index (χ1n) is 4.42. The van der Waals surface area contributed by atoms with Gasteiger partial charge in [-0.2, -0.15) is 4.73 Å². The summed E-state index contributed by atoms with van der Waals surface area (Å²) in [4.78, 5) is 12.4. The number of hydrogen-bond donors (Lipinski definition) is 2. The molecule has 0 unspecified atom stereocenters. The number of carbonyl (C=O) groups excluding carboxylic acids is 1. The number of pyridine rings is 1. The molecule has 0 aromatic carbocycles. The quantitative estimate of drug-likeness (QED) is 0.184. The molecule has 2 N–H and O–H groups in total. The van der Waals surface area contributed by atoms with Gasteiger partial charge in [-0.3, -0.25) is 9.69 Å². The highest BCUT2D eigenvalue weighted by atomic mass is 35.5. The fraction of sp³-hybridized carbons (Fsp3) is 0.222. The second kappa shape index (κ2) is 6.76. The fourth-order valence-electron chi connectivity index (χ4n) is 0.849. The van der Waals surface area contributed by atoms with E-state index in [1.807, 2.05) is 14.1 Å². The van der Waals surface area contributed by atoms with E-state index in [0.29, 0.717) is 10.3 Å². The Morgan fingerprint density at radius 2 is 2.06 bits per heavy atom. The van der Waals surface area contributed by atoms with Crippen LogP contribution in [-0.4, -0.2) is 26.3 Å². The van der Waals surface area contributed by atoms with E-state index in [1.165, 1.54) is 24.5 Å². The first kappa shape index (κ1) is 14.3. The van der Waals surface area contributed by atoms with E-state index in [0.717, 1.165) is 4.90 Å². The summed E-state index contributed by atoms with van der Waals surface area (Å²) >= 11 is 0. The first-order valence-corrected chi connectivity index (χ1v) is 4.42. The van der Waals surface area contributed by atoms with Gasteiger partial charge in [0.2, 0.25) is 6.34 Å². The summed E-state index contributed by atoms with van der Waals surface area (Å²) in [5.74, 6) is -0.340. The largest absolute Gasteiger partial charge is 1.00 e. The molecule has 7 heteroatoms. The number of nitrogens with zero attached hydrogens (tertiary/aromatic N) is 2. The lowest BCUT2D eigenvalue weighted by molar-refractivity contribution is -0.750. The van der Waals surface area contributed by atoms with Crippen molar-refractivity contribution in [3.63, 3.8) is 0 Å². The highest BCUT2D eigenvalue weighted by molar-refractivity contribution is 5.93. The predicted molar refractivity (Wildman–Crippen MR) is 54.2 cm³/mol. The molecule has 1 aromatic heterocycles. The second-order valence-electron chi connectivity index (χ2n) is 3.22. The van der Waals surface area contributed by atoms with Crippen molar-refractivity contribution in [1.82, 2.24) is 5.43 Å². The smallest absolute Gasteiger partial charge is 0.271 e. The summed E-state index contributed by atoms with van der Waals surface area (Å²) in [6, 6.07) is 2.86. The number of aromatic nitrogens is 1. The Morgan fingerprint density at radius 3 is 2.56 bits per heavy atom. The van der Waals surface area contributed by atoms with Crippen LogP contribution in [-0.2, 0) is 0 Å². The number of hydrogen-bond acceptors (Lipinski definition) is 3. The summed E-state index contributed by atoms with van der Waals surface area (Å²) in [6.07, 6.45) is 4.07. The van der Waals surface area contributed by atoms with Gasteiger partial charge in [0.05, 0.1) is 19.7 Å². The number of rotatable bonds is 3. The fourth-order valence-corrected chi connectivity index (χ4v) is 0.849. The van der Waals surface area contributed by atoms with Crippen molar-refractivity contribution in [2.24, 2.45) is 5.10 Å². The van der Waals surface area contributed by atoms with Crippen LogP contribution in [0.15, 0.2) is 29.6 Å². The Hall–Kier alpha value is -1.66. The van der Waals surface area contributed by atoms with Crippen molar-refractivity contribution in [2.75, 3.05) is 14.1 Å². The van der Waals surface area contributed by atoms with Gasteiger partial charge in [0.25, 0.3) is 5.91 Å². The molecule has 0 aliphatic carbocycles. The molecule has 0 fully saturated rings. The Bertz CT molecular complexity index is 364. The normalized spacial score (nSPS) is 10.2. The van der Waals surface area contributed by atoms with Crippen LogP contribution in [0.1, 0.15) is 10.4 Å². The molecule has 0 saturated carbocycles. The van der Waals surface area contributed by atoms with Gasteiger partial charge in [0, 0.05) is 12.1 Å². The van der Waals surface area contributed by atoms with Crippen LogP contribution < -0.4 is 27.5 Å². The highest BCUT2D eigenvalue weighted by Gasteiger charge is 2.04. The lowest BCUT2D eigenvalue weighted by Crippen LogP contribution is -3.04. The van der Waals surface area contributed by atoms with Gasteiger partial charge in [0.1, 0.15) is 0 Å². The maximum Gasteiger partial charge on any atom is 0.271 e. The van der Waals surface area contributed by atoms with Crippen LogP contribution >= 0.6 is 0 Å². The Balaban J connectivity index is 0.00000225. The zero-order valence-electron chi connectivity index (χ0n) is 8.98. The predicted octanol–water partition coefficient (Wildman–Crippen LogP) is -4.86. The maximum absolute atomic E-state index is 11.4. The molecule has 0 spiro atoms. The standard InChI is InChI=1S/C9H12N4O2.ClH/c1-12(2)7-10-11-9(14)8-3-5-13(15)6-4-8;/h3-7H,1-2H3,(H,11,14);1H/b10-7+;. The zero-order valence-corrected chi connectivity index (χ0v) is 9.73. The van der Waals surface area contributed by atoms with Crippen molar-refractivity contribution in [3.8, 4) is 0 Å². The monoisotopic (exact) mass is 244 g/mol. The molecule has 0 atom stereocenters. The van der Waals surface area contributed by atoms with Crippen LogP contribution in [0.25, 0.3) is 0 Å².